The Morgan fingerprint density at radius 3 is 2.62 bits per heavy atom. The molecule has 0 aromatic heterocycles. The third-order valence-electron chi connectivity index (χ3n) is 2.49. The number of aliphatic hydroxyl groups excluding tert-OH is 1. The van der Waals surface area contributed by atoms with Crippen molar-refractivity contribution in [2.45, 2.75) is 31.8 Å². The largest absolute Gasteiger partial charge is 0.505 e. The molecular weight excluding hydrogens is 216 g/mol. The monoisotopic (exact) mass is 230 g/mol. The number of aliphatic hydroxyl groups is 1. The van der Waals surface area contributed by atoms with Crippen LogP contribution in [0.4, 0.5) is 0 Å². The van der Waals surface area contributed by atoms with Crippen molar-refractivity contribution in [2.24, 2.45) is 0 Å². The molecule has 0 saturated carbocycles. The lowest BCUT2D eigenvalue weighted by Crippen LogP contribution is -2.32. The van der Waals surface area contributed by atoms with Gasteiger partial charge in [-0.3, -0.25) is 0 Å². The first kappa shape index (κ1) is 11.2. The minimum absolute atomic E-state index is 0.168. The second-order valence-electron chi connectivity index (χ2n) is 4.11. The third-order valence-corrected chi connectivity index (χ3v) is 2.49. The first-order chi connectivity index (χ1) is 7.44. The highest BCUT2D eigenvalue weighted by atomic mass is 16.8. The van der Waals surface area contributed by atoms with Gasteiger partial charge in [-0.05, 0) is 13.8 Å². The van der Waals surface area contributed by atoms with Crippen LogP contribution in [0.15, 0.2) is 11.5 Å². The molecule has 2 aliphatic heterocycles. The fraction of sp³-hybridized carbons (Fsp3) is 0.700. The Hall–Kier alpha value is -1.27. The number of esters is 1. The lowest BCUT2D eigenvalue weighted by atomic mass is 10.2. The topological polar surface area (TPSA) is 74.2 Å². The maximum absolute atomic E-state index is 11.3. The van der Waals surface area contributed by atoms with Crippen molar-refractivity contribution < 1.29 is 28.8 Å². The second kappa shape index (κ2) is 3.64. The summed E-state index contributed by atoms with van der Waals surface area (Å²) in [6, 6.07) is 0. The summed E-state index contributed by atoms with van der Waals surface area (Å²) in [5.74, 6) is -1.82. The van der Waals surface area contributed by atoms with E-state index in [1.54, 1.807) is 13.8 Å². The van der Waals surface area contributed by atoms with E-state index in [4.69, 9.17) is 18.9 Å². The highest BCUT2D eigenvalue weighted by Gasteiger charge is 2.46. The maximum atomic E-state index is 11.3. The summed E-state index contributed by atoms with van der Waals surface area (Å²) in [5.41, 5.74) is 0. The zero-order chi connectivity index (χ0) is 11.9. The second-order valence-corrected chi connectivity index (χ2v) is 4.11. The van der Waals surface area contributed by atoms with E-state index in [9.17, 15) is 9.90 Å². The maximum Gasteiger partial charge on any atom is 0.378 e. The molecule has 6 heteroatoms. The number of ether oxygens (including phenoxy) is 4. The van der Waals surface area contributed by atoms with E-state index in [0.29, 0.717) is 0 Å². The van der Waals surface area contributed by atoms with Crippen molar-refractivity contribution in [1.29, 1.82) is 0 Å². The molecule has 6 nitrogen and oxygen atoms in total. The quantitative estimate of drug-likeness (QED) is 0.695. The standard InChI is InChI=1S/C10H14O6/c1-10(2)14-4-5(16-10)7-6(11)8(13-3)9(12)15-7/h5,7,11H,4H2,1-3H3/t5-,7+/m0/s1. The Bertz CT molecular complexity index is 345. The summed E-state index contributed by atoms with van der Waals surface area (Å²) in [6.45, 7) is 3.76. The lowest BCUT2D eigenvalue weighted by molar-refractivity contribution is -0.163. The van der Waals surface area contributed by atoms with Gasteiger partial charge in [0, 0.05) is 0 Å². The number of hydrogen-bond donors (Lipinski definition) is 1. The zero-order valence-corrected chi connectivity index (χ0v) is 9.35. The van der Waals surface area contributed by atoms with Crippen molar-refractivity contribution in [1.82, 2.24) is 0 Å². The average Bonchev–Trinajstić information content (AvgIpc) is 2.68. The van der Waals surface area contributed by atoms with Gasteiger partial charge in [-0.15, -0.1) is 0 Å². The fourth-order valence-corrected chi connectivity index (χ4v) is 1.76. The van der Waals surface area contributed by atoms with Crippen molar-refractivity contribution in [3.8, 4) is 0 Å². The van der Waals surface area contributed by atoms with E-state index in [2.05, 4.69) is 0 Å². The van der Waals surface area contributed by atoms with E-state index in [1.165, 1.54) is 7.11 Å². The Balaban J connectivity index is 2.14. The van der Waals surface area contributed by atoms with Gasteiger partial charge in [-0.1, -0.05) is 0 Å². The van der Waals surface area contributed by atoms with Gasteiger partial charge in [-0.25, -0.2) is 4.79 Å². The minimum atomic E-state index is -0.843. The Kier molecular flexibility index (Phi) is 2.55. The van der Waals surface area contributed by atoms with Gasteiger partial charge in [0.1, 0.15) is 6.10 Å². The van der Waals surface area contributed by atoms with Gasteiger partial charge < -0.3 is 24.1 Å². The number of rotatable bonds is 2. The molecule has 90 valence electrons. The first-order valence-corrected chi connectivity index (χ1v) is 4.94. The molecule has 2 atom stereocenters. The van der Waals surface area contributed by atoms with Crippen LogP contribution in [-0.4, -0.2) is 42.8 Å². The molecule has 0 aromatic rings. The van der Waals surface area contributed by atoms with Crippen LogP contribution < -0.4 is 0 Å². The molecule has 0 amide bonds. The lowest BCUT2D eigenvalue weighted by Gasteiger charge is -2.19. The number of cyclic esters (lactones) is 1. The third kappa shape index (κ3) is 1.74. The molecular formula is C10H14O6. The molecule has 1 N–H and O–H groups in total. The van der Waals surface area contributed by atoms with Crippen LogP contribution in [-0.2, 0) is 23.7 Å². The summed E-state index contributed by atoms with van der Waals surface area (Å²) in [5, 5.41) is 9.72. The molecule has 2 rings (SSSR count). The molecule has 2 heterocycles. The van der Waals surface area contributed by atoms with E-state index >= 15 is 0 Å². The van der Waals surface area contributed by atoms with Gasteiger partial charge in [0.15, 0.2) is 17.7 Å². The van der Waals surface area contributed by atoms with Gasteiger partial charge in [-0.2, -0.15) is 0 Å². The Morgan fingerprint density at radius 2 is 2.19 bits per heavy atom. The van der Waals surface area contributed by atoms with Crippen LogP contribution in [0.25, 0.3) is 0 Å². The molecule has 0 radical (unpaired) electrons. The summed E-state index contributed by atoms with van der Waals surface area (Å²) < 4.78 is 20.5. The highest BCUT2D eigenvalue weighted by molar-refractivity contribution is 5.89. The molecule has 0 bridgehead atoms. The van der Waals surface area contributed by atoms with Crippen LogP contribution in [0.2, 0.25) is 0 Å². The smallest absolute Gasteiger partial charge is 0.378 e. The first-order valence-electron chi connectivity index (χ1n) is 4.94. The van der Waals surface area contributed by atoms with Crippen molar-refractivity contribution in [3.05, 3.63) is 11.5 Å². The van der Waals surface area contributed by atoms with Crippen LogP contribution in [0.5, 0.6) is 0 Å². The molecule has 0 spiro atoms. The molecule has 1 saturated heterocycles. The average molecular weight is 230 g/mol. The zero-order valence-electron chi connectivity index (χ0n) is 9.35. The molecule has 0 unspecified atom stereocenters. The van der Waals surface area contributed by atoms with E-state index in [1.807, 2.05) is 0 Å². The summed E-state index contributed by atoms with van der Waals surface area (Å²) in [4.78, 5) is 11.3. The predicted molar refractivity (Wildman–Crippen MR) is 51.4 cm³/mol. The van der Waals surface area contributed by atoms with E-state index < -0.39 is 24.0 Å². The number of methoxy groups -OCH3 is 1. The molecule has 1 fully saturated rings. The molecule has 0 aromatic carbocycles. The summed E-state index contributed by atoms with van der Waals surface area (Å²) >= 11 is 0. The fourth-order valence-electron chi connectivity index (χ4n) is 1.76. The van der Waals surface area contributed by atoms with Crippen LogP contribution in [0.1, 0.15) is 13.8 Å². The SMILES string of the molecule is COC1=C(O)[C@@H]([C@@H]2COC(C)(C)O2)OC1=O. The van der Waals surface area contributed by atoms with Crippen molar-refractivity contribution in [2.75, 3.05) is 13.7 Å². The van der Waals surface area contributed by atoms with E-state index in [-0.39, 0.29) is 18.1 Å². The summed E-state index contributed by atoms with van der Waals surface area (Å²) in [7, 11) is 1.30. The predicted octanol–water partition coefficient (Wildman–Crippen LogP) is 0.479. The molecule has 2 aliphatic rings. The van der Waals surface area contributed by atoms with Gasteiger partial charge >= 0.3 is 5.97 Å². The Labute approximate surface area is 92.7 Å². The van der Waals surface area contributed by atoms with Crippen molar-refractivity contribution in [3.63, 3.8) is 0 Å². The van der Waals surface area contributed by atoms with E-state index in [0.717, 1.165) is 0 Å². The normalized spacial score (nSPS) is 33.1. The van der Waals surface area contributed by atoms with Gasteiger partial charge in [0.25, 0.3) is 0 Å². The number of carbonyl (C=O) groups is 1. The van der Waals surface area contributed by atoms with Crippen LogP contribution >= 0.6 is 0 Å². The Morgan fingerprint density at radius 1 is 1.50 bits per heavy atom. The van der Waals surface area contributed by atoms with Crippen molar-refractivity contribution >= 4 is 5.97 Å². The van der Waals surface area contributed by atoms with Crippen LogP contribution in [0.3, 0.4) is 0 Å². The van der Waals surface area contributed by atoms with Crippen LogP contribution in [0, 0.1) is 0 Å². The van der Waals surface area contributed by atoms with Gasteiger partial charge in [0.2, 0.25) is 5.76 Å². The number of carbonyl (C=O) groups excluding carboxylic acids is 1. The molecule has 16 heavy (non-hydrogen) atoms. The summed E-state index contributed by atoms with van der Waals surface area (Å²) in [6.07, 6.45) is -1.35. The minimum Gasteiger partial charge on any atom is -0.505 e. The highest BCUT2D eigenvalue weighted by Crippen LogP contribution is 2.31. The van der Waals surface area contributed by atoms with Gasteiger partial charge in [0.05, 0.1) is 13.7 Å². The molecule has 0 aliphatic carbocycles. The number of hydrogen-bond acceptors (Lipinski definition) is 6.